The van der Waals surface area contributed by atoms with Gasteiger partial charge in [0.1, 0.15) is 5.75 Å². The van der Waals surface area contributed by atoms with Crippen molar-refractivity contribution in [3.63, 3.8) is 0 Å². The van der Waals surface area contributed by atoms with Gasteiger partial charge in [0.15, 0.2) is 5.82 Å². The highest BCUT2D eigenvalue weighted by atomic mass is 35.5. The number of carbonyl (C=O) groups excluding carboxylic acids is 1. The molecule has 4 aromatic rings. The summed E-state index contributed by atoms with van der Waals surface area (Å²) in [6.07, 6.45) is 0. The monoisotopic (exact) mass is 449 g/mol. The number of non-ortho nitro benzene ring substituents is 1. The van der Waals surface area contributed by atoms with E-state index in [-0.39, 0.29) is 17.2 Å². The van der Waals surface area contributed by atoms with Crippen LogP contribution in [0.15, 0.2) is 72.8 Å². The minimum absolute atomic E-state index is 0.109. The third-order valence-corrected chi connectivity index (χ3v) is 4.76. The second kappa shape index (κ2) is 8.86. The SMILES string of the molecule is COc1ccc(-n2nc(C(=O)Nc3cccc([N+](=O)[O-])c3)nc2-c2cccc(Cl)c2)cc1. The summed E-state index contributed by atoms with van der Waals surface area (Å²) in [4.78, 5) is 27.7. The fraction of sp³-hybridized carbons (Fsp3) is 0.0455. The number of carbonyl (C=O) groups is 1. The van der Waals surface area contributed by atoms with Gasteiger partial charge in [0.2, 0.25) is 5.82 Å². The van der Waals surface area contributed by atoms with Gasteiger partial charge < -0.3 is 10.1 Å². The average molecular weight is 450 g/mol. The molecule has 1 N–H and O–H groups in total. The number of nitrogens with one attached hydrogen (secondary N) is 1. The molecule has 0 radical (unpaired) electrons. The first-order valence-corrected chi connectivity index (χ1v) is 9.75. The summed E-state index contributed by atoms with van der Waals surface area (Å²) in [6.45, 7) is 0. The molecule has 1 heterocycles. The number of methoxy groups -OCH3 is 1. The number of halogens is 1. The predicted molar refractivity (Wildman–Crippen MR) is 119 cm³/mol. The summed E-state index contributed by atoms with van der Waals surface area (Å²) in [7, 11) is 1.57. The predicted octanol–water partition coefficient (Wildman–Crippen LogP) is 4.76. The van der Waals surface area contributed by atoms with Crippen molar-refractivity contribution >= 4 is 28.9 Å². The van der Waals surface area contributed by atoms with Gasteiger partial charge in [0, 0.05) is 28.4 Å². The van der Waals surface area contributed by atoms with Crippen molar-refractivity contribution < 1.29 is 14.5 Å². The number of ether oxygens (including phenoxy) is 1. The van der Waals surface area contributed by atoms with Crippen LogP contribution in [0.5, 0.6) is 5.75 Å². The van der Waals surface area contributed by atoms with Crippen molar-refractivity contribution in [2.75, 3.05) is 12.4 Å². The van der Waals surface area contributed by atoms with Crippen LogP contribution in [-0.2, 0) is 0 Å². The Morgan fingerprint density at radius 2 is 1.84 bits per heavy atom. The lowest BCUT2D eigenvalue weighted by molar-refractivity contribution is -0.384. The molecule has 0 atom stereocenters. The minimum atomic E-state index is -0.610. The quantitative estimate of drug-likeness (QED) is 0.335. The van der Waals surface area contributed by atoms with Gasteiger partial charge in [0.05, 0.1) is 17.7 Å². The zero-order chi connectivity index (χ0) is 22.7. The summed E-state index contributed by atoms with van der Waals surface area (Å²) in [6, 6.07) is 19.7. The van der Waals surface area contributed by atoms with Gasteiger partial charge in [-0.1, -0.05) is 29.8 Å². The van der Waals surface area contributed by atoms with E-state index in [4.69, 9.17) is 16.3 Å². The molecule has 0 spiro atoms. The van der Waals surface area contributed by atoms with Crippen molar-refractivity contribution in [3.05, 3.63) is 93.8 Å². The van der Waals surface area contributed by atoms with Crippen LogP contribution >= 0.6 is 11.6 Å². The molecule has 32 heavy (non-hydrogen) atoms. The Morgan fingerprint density at radius 3 is 2.53 bits per heavy atom. The number of anilines is 1. The van der Waals surface area contributed by atoms with E-state index >= 15 is 0 Å². The molecule has 0 aliphatic rings. The number of amides is 1. The molecule has 0 bridgehead atoms. The number of hydrogen-bond donors (Lipinski definition) is 1. The number of nitro groups is 1. The van der Waals surface area contributed by atoms with Crippen molar-refractivity contribution in [2.24, 2.45) is 0 Å². The maximum atomic E-state index is 12.8. The van der Waals surface area contributed by atoms with Crippen LogP contribution in [0.25, 0.3) is 17.1 Å². The first-order chi connectivity index (χ1) is 15.4. The number of aromatic nitrogens is 3. The molecule has 0 aliphatic heterocycles. The highest BCUT2D eigenvalue weighted by Gasteiger charge is 2.20. The molecule has 9 nitrogen and oxygen atoms in total. The molecule has 3 aromatic carbocycles. The van der Waals surface area contributed by atoms with Crippen LogP contribution in [0.3, 0.4) is 0 Å². The number of rotatable bonds is 6. The van der Waals surface area contributed by atoms with E-state index in [1.54, 1.807) is 61.7 Å². The normalized spacial score (nSPS) is 10.6. The molecule has 4 rings (SSSR count). The van der Waals surface area contributed by atoms with E-state index in [1.165, 1.54) is 22.9 Å². The minimum Gasteiger partial charge on any atom is -0.497 e. The highest BCUT2D eigenvalue weighted by molar-refractivity contribution is 6.30. The van der Waals surface area contributed by atoms with E-state index in [0.717, 1.165) is 0 Å². The van der Waals surface area contributed by atoms with Gasteiger partial charge in [0.25, 0.3) is 11.6 Å². The van der Waals surface area contributed by atoms with Crippen LogP contribution in [0.4, 0.5) is 11.4 Å². The van der Waals surface area contributed by atoms with Crippen molar-refractivity contribution in [2.45, 2.75) is 0 Å². The van der Waals surface area contributed by atoms with E-state index in [0.29, 0.717) is 27.8 Å². The molecule has 0 aliphatic carbocycles. The summed E-state index contributed by atoms with van der Waals surface area (Å²) >= 11 is 6.14. The number of nitrogens with zero attached hydrogens (tertiary/aromatic N) is 4. The lowest BCUT2D eigenvalue weighted by Crippen LogP contribution is -2.14. The summed E-state index contributed by atoms with van der Waals surface area (Å²) in [5, 5.41) is 18.5. The van der Waals surface area contributed by atoms with E-state index in [2.05, 4.69) is 15.4 Å². The fourth-order valence-electron chi connectivity index (χ4n) is 3.01. The van der Waals surface area contributed by atoms with Gasteiger partial charge in [-0.3, -0.25) is 14.9 Å². The zero-order valence-electron chi connectivity index (χ0n) is 16.7. The van der Waals surface area contributed by atoms with E-state index in [9.17, 15) is 14.9 Å². The number of hydrogen-bond acceptors (Lipinski definition) is 6. The first kappa shape index (κ1) is 21.0. The van der Waals surface area contributed by atoms with Crippen LogP contribution < -0.4 is 10.1 Å². The molecular weight excluding hydrogens is 434 g/mol. The highest BCUT2D eigenvalue weighted by Crippen LogP contribution is 2.25. The molecule has 0 saturated heterocycles. The van der Waals surface area contributed by atoms with Gasteiger partial charge in [-0.15, -0.1) is 5.10 Å². The third kappa shape index (κ3) is 4.42. The zero-order valence-corrected chi connectivity index (χ0v) is 17.5. The van der Waals surface area contributed by atoms with Crippen LogP contribution in [0, 0.1) is 10.1 Å². The summed E-state index contributed by atoms with van der Waals surface area (Å²) in [5.74, 6) is 0.354. The molecule has 160 valence electrons. The van der Waals surface area contributed by atoms with E-state index < -0.39 is 10.8 Å². The van der Waals surface area contributed by atoms with Gasteiger partial charge >= 0.3 is 0 Å². The molecule has 0 saturated carbocycles. The topological polar surface area (TPSA) is 112 Å². The average Bonchev–Trinajstić information content (AvgIpc) is 3.25. The van der Waals surface area contributed by atoms with Crippen LogP contribution in [0.2, 0.25) is 5.02 Å². The maximum absolute atomic E-state index is 12.8. The second-order valence-electron chi connectivity index (χ2n) is 6.64. The Bertz CT molecular complexity index is 1300. The lowest BCUT2D eigenvalue weighted by atomic mass is 10.2. The molecule has 1 aromatic heterocycles. The van der Waals surface area contributed by atoms with Crippen LogP contribution in [-0.4, -0.2) is 32.7 Å². The van der Waals surface area contributed by atoms with Gasteiger partial charge in [-0.05, 0) is 42.5 Å². The van der Waals surface area contributed by atoms with E-state index in [1.807, 2.05) is 0 Å². The summed E-state index contributed by atoms with van der Waals surface area (Å²) in [5.41, 5.74) is 1.44. The maximum Gasteiger partial charge on any atom is 0.295 e. The van der Waals surface area contributed by atoms with Crippen LogP contribution in [0.1, 0.15) is 10.6 Å². The van der Waals surface area contributed by atoms with Gasteiger partial charge in [-0.2, -0.15) is 0 Å². The fourth-order valence-corrected chi connectivity index (χ4v) is 3.20. The first-order valence-electron chi connectivity index (χ1n) is 9.38. The number of benzene rings is 3. The molecule has 1 amide bonds. The summed E-state index contributed by atoms with van der Waals surface area (Å²) < 4.78 is 6.72. The molecular formula is C22H16ClN5O4. The molecule has 0 unspecified atom stereocenters. The Kier molecular flexibility index (Phi) is 5.82. The Morgan fingerprint density at radius 1 is 1.09 bits per heavy atom. The Balaban J connectivity index is 1.73. The largest absolute Gasteiger partial charge is 0.497 e. The standard InChI is InChI=1S/C22H16ClN5O4/c1-32-19-10-8-17(9-11-19)27-21(14-4-2-5-15(23)12-14)25-20(26-27)22(29)24-16-6-3-7-18(13-16)28(30)31/h2-13H,1H3,(H,24,29). The molecule has 0 fully saturated rings. The van der Waals surface area contributed by atoms with Crippen molar-refractivity contribution in [1.82, 2.24) is 14.8 Å². The second-order valence-corrected chi connectivity index (χ2v) is 7.08. The number of nitro benzene ring substituents is 1. The third-order valence-electron chi connectivity index (χ3n) is 4.52. The smallest absolute Gasteiger partial charge is 0.295 e. The van der Waals surface area contributed by atoms with Crippen molar-refractivity contribution in [1.29, 1.82) is 0 Å². The van der Waals surface area contributed by atoms with Gasteiger partial charge in [-0.25, -0.2) is 9.67 Å². The lowest BCUT2D eigenvalue weighted by Gasteiger charge is -2.07. The Hall–Kier alpha value is -4.24. The Labute approximate surface area is 187 Å². The van der Waals surface area contributed by atoms with Crippen molar-refractivity contribution in [3.8, 4) is 22.8 Å². The molecule has 10 heteroatoms.